The van der Waals surface area contributed by atoms with Gasteiger partial charge in [0.25, 0.3) is 0 Å². The molecule has 0 unspecified atom stereocenters. The summed E-state index contributed by atoms with van der Waals surface area (Å²) in [5.74, 6) is -0.120. The first-order valence-corrected chi connectivity index (χ1v) is 16.6. The molecule has 0 radical (unpaired) electrons. The SMILES string of the molecule is CC[C@H](C)CNC(=O)[C@@H]1CCCN1C(=O)/C(C)=C/[C@H](C(C)C)N(C)C(=O)[C@@H](NC(=O)[C@H]1CCCCN1C(C)C)C(C)(C)C. The molecule has 4 amide bonds. The van der Waals surface area contributed by atoms with Crippen molar-refractivity contribution in [2.75, 3.05) is 26.7 Å². The average Bonchev–Trinajstić information content (AvgIpc) is 3.45. The van der Waals surface area contributed by atoms with Crippen molar-refractivity contribution in [2.24, 2.45) is 17.3 Å². The van der Waals surface area contributed by atoms with Crippen LogP contribution in [0.15, 0.2) is 11.6 Å². The Labute approximate surface area is 261 Å². The van der Waals surface area contributed by atoms with Gasteiger partial charge < -0.3 is 20.4 Å². The van der Waals surface area contributed by atoms with Crippen molar-refractivity contribution in [3.63, 3.8) is 0 Å². The molecule has 0 bridgehead atoms. The topological polar surface area (TPSA) is 102 Å². The lowest BCUT2D eigenvalue weighted by atomic mass is 9.84. The fraction of sp³-hybridized carbons (Fsp3) is 0.824. The van der Waals surface area contributed by atoms with Gasteiger partial charge in [-0.25, -0.2) is 0 Å². The van der Waals surface area contributed by atoms with Crippen LogP contribution in [0.2, 0.25) is 0 Å². The van der Waals surface area contributed by atoms with Crippen LogP contribution in [0.1, 0.15) is 108 Å². The Morgan fingerprint density at radius 2 is 1.56 bits per heavy atom. The first-order valence-electron chi connectivity index (χ1n) is 16.6. The lowest BCUT2D eigenvalue weighted by molar-refractivity contribution is -0.142. The Morgan fingerprint density at radius 1 is 0.930 bits per heavy atom. The number of nitrogens with zero attached hydrogens (tertiary/aromatic N) is 3. The van der Waals surface area contributed by atoms with Gasteiger partial charge in [-0.3, -0.25) is 24.1 Å². The Kier molecular flexibility index (Phi) is 13.7. The smallest absolute Gasteiger partial charge is 0.249 e. The highest BCUT2D eigenvalue weighted by Crippen LogP contribution is 2.27. The van der Waals surface area contributed by atoms with E-state index in [1.807, 2.05) is 40.7 Å². The fourth-order valence-corrected chi connectivity index (χ4v) is 6.22. The molecule has 2 aliphatic heterocycles. The Morgan fingerprint density at radius 3 is 2.12 bits per heavy atom. The molecular formula is C34H61N5O4. The number of hydrogen-bond acceptors (Lipinski definition) is 5. The van der Waals surface area contributed by atoms with Crippen LogP contribution < -0.4 is 10.6 Å². The zero-order chi connectivity index (χ0) is 32.6. The van der Waals surface area contributed by atoms with Gasteiger partial charge in [0.05, 0.1) is 12.1 Å². The second-order valence-electron chi connectivity index (χ2n) is 14.6. The van der Waals surface area contributed by atoms with E-state index in [1.165, 1.54) is 0 Å². The average molecular weight is 604 g/mol. The van der Waals surface area contributed by atoms with Crippen LogP contribution in [0.4, 0.5) is 0 Å². The van der Waals surface area contributed by atoms with Gasteiger partial charge in [-0.1, -0.05) is 67.4 Å². The minimum absolute atomic E-state index is 0.0241. The number of likely N-dealkylation sites (N-methyl/N-ethyl adjacent to an activating group) is 1. The molecule has 2 aliphatic rings. The van der Waals surface area contributed by atoms with Crippen molar-refractivity contribution in [3.8, 4) is 0 Å². The number of likely N-dealkylation sites (tertiary alicyclic amines) is 2. The van der Waals surface area contributed by atoms with E-state index in [0.29, 0.717) is 31.0 Å². The second kappa shape index (κ2) is 16.1. The molecule has 0 aromatic heterocycles. The summed E-state index contributed by atoms with van der Waals surface area (Å²) in [6.45, 7) is 22.2. The van der Waals surface area contributed by atoms with Crippen LogP contribution in [0, 0.1) is 17.3 Å². The van der Waals surface area contributed by atoms with Crippen LogP contribution in [0.5, 0.6) is 0 Å². The summed E-state index contributed by atoms with van der Waals surface area (Å²) in [5, 5.41) is 6.16. The molecule has 43 heavy (non-hydrogen) atoms. The van der Waals surface area contributed by atoms with Crippen LogP contribution in [-0.4, -0.2) is 95.2 Å². The fourth-order valence-electron chi connectivity index (χ4n) is 6.22. The summed E-state index contributed by atoms with van der Waals surface area (Å²) in [6, 6.07) is -1.54. The maximum Gasteiger partial charge on any atom is 0.249 e. The molecule has 0 aliphatic carbocycles. The van der Waals surface area contributed by atoms with E-state index in [-0.39, 0.29) is 47.7 Å². The Hall–Kier alpha value is -2.42. The van der Waals surface area contributed by atoms with Crippen LogP contribution >= 0.6 is 0 Å². The first-order chi connectivity index (χ1) is 20.0. The molecule has 2 N–H and O–H groups in total. The third-order valence-corrected chi connectivity index (χ3v) is 9.28. The van der Waals surface area contributed by atoms with Crippen molar-refractivity contribution >= 4 is 23.6 Å². The molecule has 2 fully saturated rings. The molecule has 0 aromatic carbocycles. The summed E-state index contributed by atoms with van der Waals surface area (Å²) >= 11 is 0. The highest BCUT2D eigenvalue weighted by atomic mass is 16.2. The van der Waals surface area contributed by atoms with Crippen molar-refractivity contribution < 1.29 is 19.2 Å². The number of piperidine rings is 1. The molecule has 0 aromatic rings. The number of carbonyl (C=O) groups is 4. The molecular weight excluding hydrogens is 542 g/mol. The van der Waals surface area contributed by atoms with Crippen molar-refractivity contribution in [1.82, 2.24) is 25.3 Å². The van der Waals surface area contributed by atoms with E-state index in [4.69, 9.17) is 0 Å². The van der Waals surface area contributed by atoms with E-state index >= 15 is 0 Å². The highest BCUT2D eigenvalue weighted by Gasteiger charge is 2.40. The number of nitrogens with one attached hydrogen (secondary N) is 2. The molecule has 246 valence electrons. The lowest BCUT2D eigenvalue weighted by Gasteiger charge is -2.41. The minimum atomic E-state index is -0.719. The van der Waals surface area contributed by atoms with E-state index in [9.17, 15) is 19.2 Å². The summed E-state index contributed by atoms with van der Waals surface area (Å²) in [7, 11) is 1.76. The third-order valence-electron chi connectivity index (χ3n) is 9.28. The van der Waals surface area contributed by atoms with Gasteiger partial charge in [-0.15, -0.1) is 0 Å². The van der Waals surface area contributed by atoms with Gasteiger partial charge in [-0.2, -0.15) is 0 Å². The van der Waals surface area contributed by atoms with Gasteiger partial charge in [0, 0.05) is 31.8 Å². The standard InChI is InChI=1S/C34H61N5O4/c1-12-24(6)21-35-30(40)26-17-15-19-39(26)32(42)25(7)20-28(22(2)3)37(11)33(43)29(34(8,9)10)36-31(41)27-16-13-14-18-38(27)23(4)5/h20,22-24,26-29H,12-19,21H2,1-11H3,(H,35,40)(H,36,41)/b25-20+/t24-,26-,27+,28+,29+/m0/s1. The number of hydrogen-bond donors (Lipinski definition) is 2. The molecule has 9 nitrogen and oxygen atoms in total. The quantitative estimate of drug-likeness (QED) is 0.323. The number of amides is 4. The highest BCUT2D eigenvalue weighted by molar-refractivity contribution is 5.97. The van der Waals surface area contributed by atoms with Crippen molar-refractivity contribution in [3.05, 3.63) is 11.6 Å². The lowest BCUT2D eigenvalue weighted by Crippen LogP contribution is -2.60. The van der Waals surface area contributed by atoms with Gasteiger partial charge in [0.2, 0.25) is 23.6 Å². The van der Waals surface area contributed by atoms with Crippen molar-refractivity contribution in [1.29, 1.82) is 0 Å². The zero-order valence-electron chi connectivity index (χ0n) is 29.0. The van der Waals surface area contributed by atoms with E-state index < -0.39 is 17.5 Å². The Bertz CT molecular complexity index is 1000. The maximum absolute atomic E-state index is 14.1. The van der Waals surface area contributed by atoms with E-state index in [2.05, 4.69) is 43.2 Å². The summed E-state index contributed by atoms with van der Waals surface area (Å²) in [6.07, 6.45) is 7.15. The minimum Gasteiger partial charge on any atom is -0.354 e. The third kappa shape index (κ3) is 9.79. The van der Waals surface area contributed by atoms with Gasteiger partial charge >= 0.3 is 0 Å². The van der Waals surface area contributed by atoms with Gasteiger partial charge in [0.1, 0.15) is 12.1 Å². The largest absolute Gasteiger partial charge is 0.354 e. The molecule has 0 saturated carbocycles. The first kappa shape index (κ1) is 36.8. The number of carbonyl (C=O) groups excluding carboxylic acids is 4. The van der Waals surface area contributed by atoms with Crippen LogP contribution in [0.3, 0.4) is 0 Å². The molecule has 9 heteroatoms. The molecule has 5 atom stereocenters. The monoisotopic (exact) mass is 603 g/mol. The summed E-state index contributed by atoms with van der Waals surface area (Å²) < 4.78 is 0. The zero-order valence-corrected chi connectivity index (χ0v) is 29.0. The van der Waals surface area contributed by atoms with Gasteiger partial charge in [0.15, 0.2) is 0 Å². The normalized spacial score (nSPS) is 22.3. The molecule has 2 rings (SSSR count). The van der Waals surface area contributed by atoms with E-state index in [1.54, 1.807) is 23.8 Å². The molecule has 2 saturated heterocycles. The predicted octanol–water partition coefficient (Wildman–Crippen LogP) is 4.36. The van der Waals surface area contributed by atoms with Crippen LogP contribution in [-0.2, 0) is 19.2 Å². The summed E-state index contributed by atoms with van der Waals surface area (Å²) in [4.78, 5) is 59.8. The molecule has 0 spiro atoms. The second-order valence-corrected chi connectivity index (χ2v) is 14.6. The Balaban J connectivity index is 2.23. The molecule has 2 heterocycles. The predicted molar refractivity (Wildman–Crippen MR) is 173 cm³/mol. The maximum atomic E-state index is 14.1. The summed E-state index contributed by atoms with van der Waals surface area (Å²) in [5.41, 5.74) is 0.00550. The van der Waals surface area contributed by atoms with E-state index in [0.717, 1.165) is 38.6 Å². The van der Waals surface area contributed by atoms with Crippen LogP contribution in [0.25, 0.3) is 0 Å². The number of rotatable bonds is 12. The van der Waals surface area contributed by atoms with Crippen molar-refractivity contribution in [2.45, 2.75) is 138 Å². The van der Waals surface area contributed by atoms with Gasteiger partial charge in [-0.05, 0) is 70.3 Å².